The smallest absolute Gasteiger partial charge is 0.265 e. The summed E-state index contributed by atoms with van der Waals surface area (Å²) in [5.41, 5.74) is 3.65. The first-order valence-electron chi connectivity index (χ1n) is 8.46. The molecule has 1 aromatic heterocycles. The van der Waals surface area contributed by atoms with E-state index < -0.39 is 0 Å². The van der Waals surface area contributed by atoms with Crippen molar-refractivity contribution in [1.29, 1.82) is 0 Å². The molecule has 1 heterocycles. The summed E-state index contributed by atoms with van der Waals surface area (Å²) in [5, 5.41) is 7.59. The fourth-order valence-corrected chi connectivity index (χ4v) is 4.02. The highest BCUT2D eigenvalue weighted by molar-refractivity contribution is 8.00. The van der Waals surface area contributed by atoms with E-state index in [0.29, 0.717) is 22.0 Å². The second-order valence-corrected chi connectivity index (χ2v) is 8.08. The minimum atomic E-state index is -0.154. The van der Waals surface area contributed by atoms with Crippen LogP contribution in [0.5, 0.6) is 0 Å². The van der Waals surface area contributed by atoms with Crippen molar-refractivity contribution in [1.82, 2.24) is 0 Å². The lowest BCUT2D eigenvalue weighted by molar-refractivity contribution is -0.113. The van der Waals surface area contributed by atoms with Crippen LogP contribution in [0.25, 0.3) is 0 Å². The number of carbonyl (C=O) groups is 2. The predicted octanol–water partition coefficient (Wildman–Crippen LogP) is 5.35. The fraction of sp³-hybridized carbons (Fsp3) is 0.143. The molecule has 0 bridgehead atoms. The Balaban J connectivity index is 1.58. The quantitative estimate of drug-likeness (QED) is 0.552. The second kappa shape index (κ2) is 8.88. The van der Waals surface area contributed by atoms with E-state index in [1.54, 1.807) is 30.3 Å². The van der Waals surface area contributed by atoms with Crippen molar-refractivity contribution in [3.63, 3.8) is 0 Å². The Hall–Kier alpha value is -2.57. The van der Waals surface area contributed by atoms with E-state index in [1.807, 2.05) is 25.3 Å². The maximum atomic E-state index is 12.3. The number of hydrogen-bond acceptors (Lipinski definition) is 4. The van der Waals surface area contributed by atoms with Crippen LogP contribution < -0.4 is 10.6 Å². The Morgan fingerprint density at radius 2 is 1.74 bits per heavy atom. The minimum absolute atomic E-state index is 0.0809. The number of thiophene rings is 1. The molecule has 2 aromatic carbocycles. The molecule has 4 nitrogen and oxygen atoms in total. The van der Waals surface area contributed by atoms with Gasteiger partial charge in [-0.05, 0) is 55.1 Å². The SMILES string of the molecule is Cc1ccc(C)c(SCC(=O)Nc2cccc(NC(=O)c3cccs3)c2)c1. The van der Waals surface area contributed by atoms with Gasteiger partial charge in [0.2, 0.25) is 5.91 Å². The molecule has 0 radical (unpaired) electrons. The molecular formula is C21H20N2O2S2. The van der Waals surface area contributed by atoms with E-state index in [4.69, 9.17) is 0 Å². The lowest BCUT2D eigenvalue weighted by Crippen LogP contribution is -2.15. The summed E-state index contributed by atoms with van der Waals surface area (Å²) < 4.78 is 0. The van der Waals surface area contributed by atoms with Gasteiger partial charge in [-0.25, -0.2) is 0 Å². The number of anilines is 2. The monoisotopic (exact) mass is 396 g/mol. The van der Waals surface area contributed by atoms with Gasteiger partial charge in [-0.15, -0.1) is 23.1 Å². The number of rotatable bonds is 6. The maximum Gasteiger partial charge on any atom is 0.265 e. The molecule has 0 saturated carbocycles. The Labute approximate surface area is 167 Å². The van der Waals surface area contributed by atoms with E-state index in [-0.39, 0.29) is 11.8 Å². The van der Waals surface area contributed by atoms with Crippen molar-refractivity contribution in [3.05, 3.63) is 76.0 Å². The van der Waals surface area contributed by atoms with E-state index in [1.165, 1.54) is 28.7 Å². The van der Waals surface area contributed by atoms with Crippen molar-refractivity contribution in [2.75, 3.05) is 16.4 Å². The van der Waals surface area contributed by atoms with Crippen LogP contribution >= 0.6 is 23.1 Å². The third-order valence-electron chi connectivity index (χ3n) is 3.85. The van der Waals surface area contributed by atoms with Gasteiger partial charge in [0, 0.05) is 16.3 Å². The number of aryl methyl sites for hydroxylation is 2. The molecule has 6 heteroatoms. The lowest BCUT2D eigenvalue weighted by Gasteiger charge is -2.09. The normalized spacial score (nSPS) is 10.4. The molecule has 0 atom stereocenters. The number of hydrogen-bond donors (Lipinski definition) is 2. The first-order chi connectivity index (χ1) is 13.0. The number of nitrogens with one attached hydrogen (secondary N) is 2. The zero-order chi connectivity index (χ0) is 19.2. The molecule has 138 valence electrons. The zero-order valence-corrected chi connectivity index (χ0v) is 16.7. The predicted molar refractivity (Wildman–Crippen MR) is 114 cm³/mol. The third kappa shape index (κ3) is 5.45. The molecule has 27 heavy (non-hydrogen) atoms. The van der Waals surface area contributed by atoms with Gasteiger partial charge in [0.15, 0.2) is 0 Å². The van der Waals surface area contributed by atoms with Crippen molar-refractivity contribution in [2.24, 2.45) is 0 Å². The molecule has 0 spiro atoms. The molecular weight excluding hydrogens is 376 g/mol. The van der Waals surface area contributed by atoms with Gasteiger partial charge in [-0.3, -0.25) is 9.59 Å². The summed E-state index contributed by atoms with van der Waals surface area (Å²) in [6, 6.07) is 17.0. The molecule has 0 aliphatic carbocycles. The number of carbonyl (C=O) groups excluding carboxylic acids is 2. The summed E-state index contributed by atoms with van der Waals surface area (Å²) in [5.74, 6) is 0.0948. The first kappa shape index (κ1) is 19.2. The van der Waals surface area contributed by atoms with Crippen LogP contribution in [0.4, 0.5) is 11.4 Å². The molecule has 3 rings (SSSR count). The van der Waals surface area contributed by atoms with Gasteiger partial charge < -0.3 is 10.6 Å². The van der Waals surface area contributed by atoms with E-state index >= 15 is 0 Å². The Kier molecular flexibility index (Phi) is 6.32. The highest BCUT2D eigenvalue weighted by Crippen LogP contribution is 2.24. The van der Waals surface area contributed by atoms with Gasteiger partial charge in [0.25, 0.3) is 5.91 Å². The van der Waals surface area contributed by atoms with Gasteiger partial charge in [0.1, 0.15) is 0 Å². The standard InChI is InChI=1S/C21H20N2O2S2/c1-14-8-9-15(2)19(11-14)27-13-20(24)22-16-5-3-6-17(12-16)23-21(25)18-7-4-10-26-18/h3-12H,13H2,1-2H3,(H,22,24)(H,23,25). The molecule has 0 aliphatic heterocycles. The topological polar surface area (TPSA) is 58.2 Å². The van der Waals surface area contributed by atoms with E-state index in [9.17, 15) is 9.59 Å². The summed E-state index contributed by atoms with van der Waals surface area (Å²) in [7, 11) is 0. The maximum absolute atomic E-state index is 12.3. The van der Waals surface area contributed by atoms with Crippen molar-refractivity contribution >= 4 is 46.3 Å². The van der Waals surface area contributed by atoms with E-state index in [2.05, 4.69) is 28.8 Å². The fourth-order valence-electron chi connectivity index (χ4n) is 2.48. The summed E-state index contributed by atoms with van der Waals surface area (Å²) in [6.07, 6.45) is 0. The van der Waals surface area contributed by atoms with Crippen molar-refractivity contribution in [2.45, 2.75) is 18.7 Å². The highest BCUT2D eigenvalue weighted by atomic mass is 32.2. The number of amides is 2. The van der Waals surface area contributed by atoms with Crippen LogP contribution in [0, 0.1) is 13.8 Å². The largest absolute Gasteiger partial charge is 0.325 e. The Morgan fingerprint density at radius 3 is 2.48 bits per heavy atom. The van der Waals surface area contributed by atoms with Gasteiger partial charge in [-0.2, -0.15) is 0 Å². The highest BCUT2D eigenvalue weighted by Gasteiger charge is 2.09. The van der Waals surface area contributed by atoms with Gasteiger partial charge >= 0.3 is 0 Å². The zero-order valence-electron chi connectivity index (χ0n) is 15.1. The number of thioether (sulfide) groups is 1. The van der Waals surface area contributed by atoms with Crippen molar-refractivity contribution < 1.29 is 9.59 Å². The lowest BCUT2D eigenvalue weighted by atomic mass is 10.2. The van der Waals surface area contributed by atoms with Crippen LogP contribution in [-0.4, -0.2) is 17.6 Å². The van der Waals surface area contributed by atoms with Crippen LogP contribution in [0.2, 0.25) is 0 Å². The molecule has 0 saturated heterocycles. The van der Waals surface area contributed by atoms with E-state index in [0.717, 1.165) is 10.5 Å². The molecule has 0 aliphatic rings. The molecule has 0 unspecified atom stereocenters. The first-order valence-corrected chi connectivity index (χ1v) is 10.3. The van der Waals surface area contributed by atoms with Crippen molar-refractivity contribution in [3.8, 4) is 0 Å². The Bertz CT molecular complexity index is 953. The van der Waals surface area contributed by atoms with Gasteiger partial charge in [-0.1, -0.05) is 29.8 Å². The van der Waals surface area contributed by atoms with Crippen LogP contribution in [-0.2, 0) is 4.79 Å². The molecule has 2 amide bonds. The molecule has 0 fully saturated rings. The number of benzene rings is 2. The average molecular weight is 397 g/mol. The molecule has 2 N–H and O–H groups in total. The van der Waals surface area contributed by atoms with Crippen LogP contribution in [0.1, 0.15) is 20.8 Å². The average Bonchev–Trinajstić information content (AvgIpc) is 3.18. The second-order valence-electron chi connectivity index (χ2n) is 6.12. The summed E-state index contributed by atoms with van der Waals surface area (Å²) >= 11 is 2.91. The summed E-state index contributed by atoms with van der Waals surface area (Å²) in [6.45, 7) is 4.08. The molecule has 3 aromatic rings. The minimum Gasteiger partial charge on any atom is -0.325 e. The van der Waals surface area contributed by atoms with Crippen LogP contribution in [0.15, 0.2) is 64.9 Å². The van der Waals surface area contributed by atoms with Crippen LogP contribution in [0.3, 0.4) is 0 Å². The summed E-state index contributed by atoms with van der Waals surface area (Å²) in [4.78, 5) is 26.2. The van der Waals surface area contributed by atoms with Gasteiger partial charge in [0.05, 0.1) is 10.6 Å². The Morgan fingerprint density at radius 1 is 0.963 bits per heavy atom. The third-order valence-corrected chi connectivity index (χ3v) is 5.88.